The van der Waals surface area contributed by atoms with Crippen molar-refractivity contribution in [3.05, 3.63) is 94.1 Å². The molecule has 3 aromatic carbocycles. The van der Waals surface area contributed by atoms with Crippen molar-refractivity contribution in [3.63, 3.8) is 0 Å². The number of aromatic nitrogens is 4. The number of nitrogens with one attached hydrogen (secondary N) is 1. The molecular weight excluding hydrogens is 735 g/mol. The van der Waals surface area contributed by atoms with Gasteiger partial charge in [0.2, 0.25) is 29.3 Å². The van der Waals surface area contributed by atoms with Crippen molar-refractivity contribution in [1.29, 1.82) is 0 Å². The van der Waals surface area contributed by atoms with E-state index >= 15 is 0 Å². The van der Waals surface area contributed by atoms with Gasteiger partial charge in [-0.05, 0) is 105 Å². The third-order valence-corrected chi connectivity index (χ3v) is 9.73. The summed E-state index contributed by atoms with van der Waals surface area (Å²) in [5, 5.41) is 12.6. The standard InChI is InChI=1S/C39H40Cl2N6O7/c40-28-14-9-25(10-15-28)38-43-34(53-45-38)6-3-5-33(48)42-30(24-47-19-1-2-20-47)37(27-13-18-31-32(23-27)51-22-21-50-31)52-36(49)8-4-7-35-44-39(46-54-35)26-11-16-29(41)17-12-26/h9-18,23,30,37H,1-8,19-22,24H2,(H,42,48)/t30-,37-/m1/s1. The van der Waals surface area contributed by atoms with Gasteiger partial charge in [0.15, 0.2) is 11.5 Å². The molecule has 1 fully saturated rings. The molecule has 0 aliphatic carbocycles. The van der Waals surface area contributed by atoms with E-state index in [4.69, 9.17) is 46.5 Å². The van der Waals surface area contributed by atoms with Crippen molar-refractivity contribution in [2.24, 2.45) is 0 Å². The third kappa shape index (κ3) is 9.95. The maximum atomic E-state index is 13.6. The van der Waals surface area contributed by atoms with E-state index in [1.807, 2.05) is 42.5 Å². The number of rotatable bonds is 16. The van der Waals surface area contributed by atoms with Crippen LogP contribution in [0.2, 0.25) is 10.0 Å². The number of hydrogen-bond acceptors (Lipinski definition) is 12. The summed E-state index contributed by atoms with van der Waals surface area (Å²) >= 11 is 12.0. The van der Waals surface area contributed by atoms with Crippen LogP contribution in [0.15, 0.2) is 75.8 Å². The Hall–Kier alpha value is -4.98. The fourth-order valence-electron chi connectivity index (χ4n) is 6.49. The highest BCUT2D eigenvalue weighted by Gasteiger charge is 2.32. The number of carbonyl (C=O) groups is 2. The zero-order valence-electron chi connectivity index (χ0n) is 29.5. The van der Waals surface area contributed by atoms with Gasteiger partial charge in [0, 0.05) is 53.4 Å². The Morgan fingerprint density at radius 3 is 1.94 bits per heavy atom. The van der Waals surface area contributed by atoms with Gasteiger partial charge in [0.1, 0.15) is 19.3 Å². The van der Waals surface area contributed by atoms with E-state index in [0.29, 0.717) is 96.0 Å². The Bertz CT molecular complexity index is 2010. The number of amides is 1. The number of hydrogen-bond donors (Lipinski definition) is 1. The maximum absolute atomic E-state index is 13.6. The molecule has 5 aromatic rings. The summed E-state index contributed by atoms with van der Waals surface area (Å²) in [5.74, 6) is 2.35. The Morgan fingerprint density at radius 2 is 1.33 bits per heavy atom. The molecule has 2 aliphatic rings. The second kappa shape index (κ2) is 17.9. The van der Waals surface area contributed by atoms with Crippen LogP contribution in [0.1, 0.15) is 62.0 Å². The van der Waals surface area contributed by atoms with E-state index in [2.05, 4.69) is 30.5 Å². The molecule has 0 radical (unpaired) electrons. The smallest absolute Gasteiger partial charge is 0.306 e. The molecule has 0 saturated carbocycles. The first-order valence-electron chi connectivity index (χ1n) is 18.1. The lowest BCUT2D eigenvalue weighted by Gasteiger charge is -2.32. The first-order chi connectivity index (χ1) is 26.4. The molecule has 1 N–H and O–H groups in total. The number of nitrogens with zero attached hydrogens (tertiary/aromatic N) is 5. The van der Waals surface area contributed by atoms with Gasteiger partial charge in [-0.2, -0.15) is 9.97 Å². The summed E-state index contributed by atoms with van der Waals surface area (Å²) in [4.78, 5) is 38.3. The van der Waals surface area contributed by atoms with E-state index in [1.54, 1.807) is 24.3 Å². The number of fused-ring (bicyclic) bond motifs is 1. The second-order valence-corrected chi connectivity index (χ2v) is 14.1. The van der Waals surface area contributed by atoms with E-state index in [1.165, 1.54) is 0 Å². The Balaban J connectivity index is 1.01. The number of esters is 1. The molecule has 2 aliphatic heterocycles. The zero-order valence-corrected chi connectivity index (χ0v) is 31.1. The van der Waals surface area contributed by atoms with Gasteiger partial charge in [-0.1, -0.05) is 39.6 Å². The average molecular weight is 776 g/mol. The predicted molar refractivity (Wildman–Crippen MR) is 199 cm³/mol. The molecule has 0 unspecified atom stereocenters. The summed E-state index contributed by atoms with van der Waals surface area (Å²) in [6.07, 6.45) is 3.36. The number of likely N-dealkylation sites (tertiary alicyclic amines) is 1. The Morgan fingerprint density at radius 1 is 0.759 bits per heavy atom. The Kier molecular flexibility index (Phi) is 12.4. The number of ether oxygens (including phenoxy) is 3. The van der Waals surface area contributed by atoms with E-state index in [-0.39, 0.29) is 18.7 Å². The molecule has 54 heavy (non-hydrogen) atoms. The summed E-state index contributed by atoms with van der Waals surface area (Å²) in [6, 6.07) is 19.3. The van der Waals surface area contributed by atoms with Crippen LogP contribution in [0.25, 0.3) is 22.8 Å². The molecule has 0 spiro atoms. The summed E-state index contributed by atoms with van der Waals surface area (Å²) in [6.45, 7) is 3.14. The summed E-state index contributed by atoms with van der Waals surface area (Å²) in [7, 11) is 0. The fraction of sp³-hybridized carbons (Fsp3) is 0.385. The van der Waals surface area contributed by atoms with Gasteiger partial charge in [0.05, 0.1) is 6.04 Å². The fourth-order valence-corrected chi connectivity index (χ4v) is 6.74. The van der Waals surface area contributed by atoms with Crippen LogP contribution in [0.3, 0.4) is 0 Å². The first-order valence-corrected chi connectivity index (χ1v) is 18.9. The lowest BCUT2D eigenvalue weighted by molar-refractivity contribution is -0.152. The molecule has 2 aromatic heterocycles. The molecule has 7 rings (SSSR count). The van der Waals surface area contributed by atoms with Crippen LogP contribution in [-0.4, -0.2) is 75.9 Å². The molecule has 1 amide bonds. The van der Waals surface area contributed by atoms with Crippen molar-refractivity contribution in [2.45, 2.75) is 63.5 Å². The van der Waals surface area contributed by atoms with Crippen LogP contribution in [-0.2, 0) is 27.2 Å². The van der Waals surface area contributed by atoms with Crippen LogP contribution >= 0.6 is 23.2 Å². The van der Waals surface area contributed by atoms with E-state index < -0.39 is 18.1 Å². The minimum Gasteiger partial charge on any atom is -0.486 e. The van der Waals surface area contributed by atoms with Crippen LogP contribution in [0.5, 0.6) is 11.5 Å². The van der Waals surface area contributed by atoms with E-state index in [9.17, 15) is 9.59 Å². The van der Waals surface area contributed by atoms with Gasteiger partial charge < -0.3 is 33.5 Å². The van der Waals surface area contributed by atoms with Crippen molar-refractivity contribution in [3.8, 4) is 34.3 Å². The second-order valence-electron chi connectivity index (χ2n) is 13.2. The summed E-state index contributed by atoms with van der Waals surface area (Å²) in [5.41, 5.74) is 2.26. The molecular formula is C39H40Cl2N6O7. The number of aryl methyl sites for hydroxylation is 2. The van der Waals surface area contributed by atoms with Crippen LogP contribution < -0.4 is 14.8 Å². The highest BCUT2D eigenvalue weighted by molar-refractivity contribution is 6.30. The normalized spacial score (nSPS) is 15.1. The van der Waals surface area contributed by atoms with Crippen molar-refractivity contribution in [2.75, 3.05) is 32.8 Å². The number of carbonyl (C=O) groups excluding carboxylic acids is 2. The van der Waals surface area contributed by atoms with Crippen LogP contribution in [0.4, 0.5) is 0 Å². The third-order valence-electron chi connectivity index (χ3n) is 9.23. The number of benzene rings is 3. The molecule has 4 heterocycles. The van der Waals surface area contributed by atoms with Crippen LogP contribution in [0, 0.1) is 0 Å². The summed E-state index contributed by atoms with van der Waals surface area (Å²) < 4.78 is 28.8. The number of halogens is 2. The minimum atomic E-state index is -0.796. The minimum absolute atomic E-state index is 0.103. The van der Waals surface area contributed by atoms with Gasteiger partial charge >= 0.3 is 5.97 Å². The van der Waals surface area contributed by atoms with Gasteiger partial charge in [-0.25, -0.2) is 0 Å². The molecule has 13 nitrogen and oxygen atoms in total. The van der Waals surface area contributed by atoms with Gasteiger partial charge in [-0.3, -0.25) is 9.59 Å². The largest absolute Gasteiger partial charge is 0.486 e. The van der Waals surface area contributed by atoms with Gasteiger partial charge in [-0.15, -0.1) is 0 Å². The lowest BCUT2D eigenvalue weighted by atomic mass is 10.00. The highest BCUT2D eigenvalue weighted by Crippen LogP contribution is 2.35. The molecule has 282 valence electrons. The van der Waals surface area contributed by atoms with Gasteiger partial charge in [0.25, 0.3) is 0 Å². The highest BCUT2D eigenvalue weighted by atomic mass is 35.5. The van der Waals surface area contributed by atoms with Crippen molar-refractivity contribution < 1.29 is 32.8 Å². The molecule has 1 saturated heterocycles. The zero-order chi connectivity index (χ0) is 37.3. The predicted octanol–water partition coefficient (Wildman–Crippen LogP) is 7.08. The molecule has 2 atom stereocenters. The molecule has 15 heteroatoms. The van der Waals surface area contributed by atoms with Crippen molar-refractivity contribution in [1.82, 2.24) is 30.5 Å². The molecule has 0 bridgehead atoms. The Labute approximate surface area is 322 Å². The average Bonchev–Trinajstić information content (AvgIpc) is 3.98. The SMILES string of the molecule is O=C(CCCc1nc(-c2ccc(Cl)cc2)no1)N[C@H](CN1CCCC1)[C@H](OC(=O)CCCc1nc(-c2ccc(Cl)cc2)no1)c1ccc2c(c1)OCCO2. The first kappa shape index (κ1) is 37.3. The van der Waals surface area contributed by atoms with E-state index in [0.717, 1.165) is 37.1 Å². The maximum Gasteiger partial charge on any atom is 0.306 e. The quantitative estimate of drug-likeness (QED) is 0.102. The van der Waals surface area contributed by atoms with Crippen molar-refractivity contribution >= 4 is 35.1 Å². The lowest BCUT2D eigenvalue weighted by Crippen LogP contribution is -2.47. The monoisotopic (exact) mass is 774 g/mol. The topological polar surface area (TPSA) is 155 Å².